The molecular formula is C20H24FN3O3S. The van der Waals surface area contributed by atoms with Gasteiger partial charge in [0.15, 0.2) is 0 Å². The first-order valence-corrected chi connectivity index (χ1v) is 10.6. The fourth-order valence-corrected chi connectivity index (χ4v) is 4.42. The second-order valence-electron chi connectivity index (χ2n) is 6.92. The van der Waals surface area contributed by atoms with E-state index in [0.717, 1.165) is 5.56 Å². The van der Waals surface area contributed by atoms with Crippen LogP contribution in [0, 0.1) is 12.7 Å². The Kier molecular flexibility index (Phi) is 6.00. The Morgan fingerprint density at radius 1 is 1.04 bits per heavy atom. The van der Waals surface area contributed by atoms with E-state index in [0.29, 0.717) is 31.9 Å². The number of benzene rings is 2. The number of sulfonamides is 1. The van der Waals surface area contributed by atoms with E-state index in [2.05, 4.69) is 4.72 Å². The van der Waals surface area contributed by atoms with Gasteiger partial charge in [0.2, 0.25) is 15.9 Å². The summed E-state index contributed by atoms with van der Waals surface area (Å²) >= 11 is 0. The third-order valence-corrected chi connectivity index (χ3v) is 6.37. The monoisotopic (exact) mass is 405 g/mol. The zero-order valence-electron chi connectivity index (χ0n) is 15.9. The summed E-state index contributed by atoms with van der Waals surface area (Å²) in [6.07, 6.45) is 0. The molecule has 0 aromatic heterocycles. The van der Waals surface area contributed by atoms with Crippen LogP contribution in [0.15, 0.2) is 53.4 Å². The van der Waals surface area contributed by atoms with E-state index in [-0.39, 0.29) is 16.6 Å². The Morgan fingerprint density at radius 2 is 1.64 bits per heavy atom. The third kappa shape index (κ3) is 4.51. The molecule has 0 spiro atoms. The number of para-hydroxylation sites is 1. The number of anilines is 1. The van der Waals surface area contributed by atoms with Crippen molar-refractivity contribution < 1.29 is 17.6 Å². The van der Waals surface area contributed by atoms with Gasteiger partial charge in [-0.2, -0.15) is 4.72 Å². The number of halogens is 1. The molecule has 6 nitrogen and oxygen atoms in total. The number of nitrogens with one attached hydrogen (secondary N) is 1. The number of carbonyl (C=O) groups is 1. The molecule has 1 amide bonds. The van der Waals surface area contributed by atoms with Crippen molar-refractivity contribution in [3.63, 3.8) is 0 Å². The molecule has 1 N–H and O–H groups in total. The van der Waals surface area contributed by atoms with E-state index < -0.39 is 16.1 Å². The van der Waals surface area contributed by atoms with Crippen LogP contribution in [-0.4, -0.2) is 51.4 Å². The molecule has 0 unspecified atom stereocenters. The van der Waals surface area contributed by atoms with Crippen molar-refractivity contribution in [1.29, 1.82) is 0 Å². The summed E-state index contributed by atoms with van der Waals surface area (Å²) in [5.74, 6) is -0.578. The molecule has 1 aliphatic rings. The summed E-state index contributed by atoms with van der Waals surface area (Å²) in [5, 5.41) is 0. The zero-order valence-corrected chi connectivity index (χ0v) is 16.7. The Labute approximate surface area is 165 Å². The highest BCUT2D eigenvalue weighted by atomic mass is 32.2. The van der Waals surface area contributed by atoms with Gasteiger partial charge in [-0.25, -0.2) is 12.8 Å². The largest absolute Gasteiger partial charge is 0.366 e. The van der Waals surface area contributed by atoms with Crippen LogP contribution in [0.25, 0.3) is 0 Å². The number of nitrogens with zero attached hydrogens (tertiary/aromatic N) is 2. The van der Waals surface area contributed by atoms with Gasteiger partial charge >= 0.3 is 0 Å². The number of hydrogen-bond donors (Lipinski definition) is 1. The molecule has 0 aliphatic carbocycles. The first-order valence-electron chi connectivity index (χ1n) is 9.15. The van der Waals surface area contributed by atoms with E-state index in [1.54, 1.807) is 35.2 Å². The van der Waals surface area contributed by atoms with Gasteiger partial charge in [-0.05, 0) is 38.1 Å². The van der Waals surface area contributed by atoms with Gasteiger partial charge < -0.3 is 9.80 Å². The fourth-order valence-electron chi connectivity index (χ4n) is 3.22. The molecule has 8 heteroatoms. The van der Waals surface area contributed by atoms with E-state index >= 15 is 0 Å². The predicted octanol–water partition coefficient (Wildman–Crippen LogP) is 2.15. The molecule has 0 bridgehead atoms. The molecule has 1 aliphatic heterocycles. The summed E-state index contributed by atoms with van der Waals surface area (Å²) < 4.78 is 41.3. The van der Waals surface area contributed by atoms with E-state index in [1.165, 1.54) is 25.1 Å². The van der Waals surface area contributed by atoms with Gasteiger partial charge in [-0.1, -0.05) is 29.8 Å². The maximum absolute atomic E-state index is 13.9. The first kappa shape index (κ1) is 20.3. The average molecular weight is 405 g/mol. The number of amides is 1. The molecule has 0 radical (unpaired) electrons. The summed E-state index contributed by atoms with van der Waals surface area (Å²) in [6.45, 7) is 5.20. The number of hydrogen-bond acceptors (Lipinski definition) is 4. The van der Waals surface area contributed by atoms with Crippen LogP contribution in [0.2, 0.25) is 0 Å². The summed E-state index contributed by atoms with van der Waals surface area (Å²) in [4.78, 5) is 16.3. The van der Waals surface area contributed by atoms with Crippen LogP contribution in [0.1, 0.15) is 12.5 Å². The summed E-state index contributed by atoms with van der Waals surface area (Å²) in [6, 6.07) is 12.1. The van der Waals surface area contributed by atoms with E-state index in [4.69, 9.17) is 0 Å². The van der Waals surface area contributed by atoms with Crippen molar-refractivity contribution in [2.75, 3.05) is 31.1 Å². The molecule has 28 heavy (non-hydrogen) atoms. The van der Waals surface area contributed by atoms with Gasteiger partial charge in [0.25, 0.3) is 0 Å². The number of carbonyl (C=O) groups excluding carboxylic acids is 1. The molecule has 1 atom stereocenters. The van der Waals surface area contributed by atoms with Crippen LogP contribution >= 0.6 is 0 Å². The minimum atomic E-state index is -3.78. The second kappa shape index (κ2) is 8.28. The molecule has 2 aromatic rings. The zero-order chi connectivity index (χ0) is 20.3. The first-order chi connectivity index (χ1) is 13.3. The van der Waals surface area contributed by atoms with Crippen molar-refractivity contribution in [2.45, 2.75) is 24.8 Å². The molecule has 150 valence electrons. The standard InChI is InChI=1S/C20H24FN3O3S/c1-15-7-9-17(10-8-15)28(26,27)22-16(2)20(25)24-13-11-23(12-14-24)19-6-4-3-5-18(19)21/h3-10,16,22H,11-14H2,1-2H3/t16-/m0/s1. The predicted molar refractivity (Wildman–Crippen MR) is 106 cm³/mol. The molecule has 2 aromatic carbocycles. The highest BCUT2D eigenvalue weighted by molar-refractivity contribution is 7.89. The lowest BCUT2D eigenvalue weighted by Gasteiger charge is -2.37. The SMILES string of the molecule is Cc1ccc(S(=O)(=O)N[C@@H](C)C(=O)N2CCN(c3ccccc3F)CC2)cc1. The second-order valence-corrected chi connectivity index (χ2v) is 8.63. The molecular weight excluding hydrogens is 381 g/mol. The van der Waals surface area contributed by atoms with Gasteiger partial charge in [0, 0.05) is 26.2 Å². The minimum Gasteiger partial charge on any atom is -0.366 e. The van der Waals surface area contributed by atoms with Crippen molar-refractivity contribution >= 4 is 21.6 Å². The topological polar surface area (TPSA) is 69.7 Å². The normalized spacial score (nSPS) is 16.1. The lowest BCUT2D eigenvalue weighted by atomic mass is 10.2. The molecule has 1 heterocycles. The highest BCUT2D eigenvalue weighted by Gasteiger charge is 2.28. The van der Waals surface area contributed by atoms with Gasteiger partial charge in [-0.3, -0.25) is 4.79 Å². The summed E-state index contributed by atoms with van der Waals surface area (Å²) in [7, 11) is -3.78. The van der Waals surface area contributed by atoms with Crippen molar-refractivity contribution in [1.82, 2.24) is 9.62 Å². The maximum atomic E-state index is 13.9. The van der Waals surface area contributed by atoms with Crippen molar-refractivity contribution in [3.05, 3.63) is 59.9 Å². The van der Waals surface area contributed by atoms with Crippen LogP contribution in [0.3, 0.4) is 0 Å². The van der Waals surface area contributed by atoms with Crippen LogP contribution in [0.4, 0.5) is 10.1 Å². The quantitative estimate of drug-likeness (QED) is 0.828. The number of piperazine rings is 1. The molecule has 1 fully saturated rings. The highest BCUT2D eigenvalue weighted by Crippen LogP contribution is 2.20. The van der Waals surface area contributed by atoms with Crippen LogP contribution in [-0.2, 0) is 14.8 Å². The number of rotatable bonds is 5. The lowest BCUT2D eigenvalue weighted by Crippen LogP contribution is -2.54. The van der Waals surface area contributed by atoms with Gasteiger partial charge in [-0.15, -0.1) is 0 Å². The Morgan fingerprint density at radius 3 is 2.25 bits per heavy atom. The smallest absolute Gasteiger partial charge is 0.241 e. The Balaban J connectivity index is 1.60. The number of aryl methyl sites for hydroxylation is 1. The van der Waals surface area contributed by atoms with Gasteiger partial charge in [0.1, 0.15) is 5.82 Å². The third-order valence-electron chi connectivity index (χ3n) is 4.82. The Hall–Kier alpha value is -2.45. The van der Waals surface area contributed by atoms with Crippen LogP contribution in [0.5, 0.6) is 0 Å². The van der Waals surface area contributed by atoms with Crippen molar-refractivity contribution in [3.8, 4) is 0 Å². The summed E-state index contributed by atoms with van der Waals surface area (Å²) in [5.41, 5.74) is 1.47. The van der Waals surface area contributed by atoms with Crippen LogP contribution < -0.4 is 9.62 Å². The molecule has 0 saturated carbocycles. The van der Waals surface area contributed by atoms with E-state index in [9.17, 15) is 17.6 Å². The fraction of sp³-hybridized carbons (Fsp3) is 0.350. The van der Waals surface area contributed by atoms with E-state index in [1.807, 2.05) is 11.8 Å². The Bertz CT molecular complexity index is 939. The molecule has 3 rings (SSSR count). The maximum Gasteiger partial charge on any atom is 0.241 e. The average Bonchev–Trinajstić information content (AvgIpc) is 2.68. The minimum absolute atomic E-state index is 0.127. The lowest BCUT2D eigenvalue weighted by molar-refractivity contribution is -0.132. The van der Waals surface area contributed by atoms with Crippen molar-refractivity contribution in [2.24, 2.45) is 0 Å². The van der Waals surface area contributed by atoms with Gasteiger partial charge in [0.05, 0.1) is 16.6 Å². The molecule has 1 saturated heterocycles.